The zero-order chi connectivity index (χ0) is 21.3. The lowest BCUT2D eigenvalue weighted by molar-refractivity contribution is 0.310. The number of methoxy groups -OCH3 is 2. The molecule has 8 heteroatoms. The SMILES string of the molecule is CCOc1cc(CNC(=NC)N2CCN(c3ccccc3OC)CC2)ccc1OC.I. The van der Waals surface area contributed by atoms with E-state index < -0.39 is 0 Å². The first kappa shape index (κ1) is 24.9. The summed E-state index contributed by atoms with van der Waals surface area (Å²) in [5, 5.41) is 3.48. The van der Waals surface area contributed by atoms with Crippen molar-refractivity contribution in [1.29, 1.82) is 0 Å². The minimum absolute atomic E-state index is 0. The van der Waals surface area contributed by atoms with E-state index in [-0.39, 0.29) is 24.0 Å². The van der Waals surface area contributed by atoms with Gasteiger partial charge in [0.25, 0.3) is 0 Å². The van der Waals surface area contributed by atoms with Crippen LogP contribution < -0.4 is 24.4 Å². The molecule has 0 spiro atoms. The van der Waals surface area contributed by atoms with Crippen LogP contribution >= 0.6 is 24.0 Å². The summed E-state index contributed by atoms with van der Waals surface area (Å²) in [6.45, 7) is 6.86. The molecule has 1 fully saturated rings. The summed E-state index contributed by atoms with van der Waals surface area (Å²) < 4.78 is 16.6. The first-order chi connectivity index (χ1) is 14.7. The number of halogens is 1. The van der Waals surface area contributed by atoms with Crippen molar-refractivity contribution in [1.82, 2.24) is 10.2 Å². The Morgan fingerprint density at radius 1 is 0.968 bits per heavy atom. The number of hydrogen-bond donors (Lipinski definition) is 1. The van der Waals surface area contributed by atoms with Gasteiger partial charge in [0.15, 0.2) is 17.5 Å². The zero-order valence-corrected chi connectivity index (χ0v) is 21.1. The Bertz CT molecular complexity index is 854. The highest BCUT2D eigenvalue weighted by Crippen LogP contribution is 2.29. The number of ether oxygens (including phenoxy) is 3. The average Bonchev–Trinajstić information content (AvgIpc) is 2.80. The van der Waals surface area contributed by atoms with Gasteiger partial charge in [0, 0.05) is 39.8 Å². The van der Waals surface area contributed by atoms with Crippen molar-refractivity contribution < 1.29 is 14.2 Å². The molecule has 2 aromatic rings. The van der Waals surface area contributed by atoms with Crippen LogP contribution in [0.4, 0.5) is 5.69 Å². The molecule has 7 nitrogen and oxygen atoms in total. The third kappa shape index (κ3) is 6.32. The Balaban J connectivity index is 0.00000341. The maximum absolute atomic E-state index is 5.68. The van der Waals surface area contributed by atoms with Gasteiger partial charge in [-0.15, -0.1) is 24.0 Å². The monoisotopic (exact) mass is 540 g/mol. The van der Waals surface area contributed by atoms with Crippen molar-refractivity contribution in [2.24, 2.45) is 4.99 Å². The number of benzene rings is 2. The van der Waals surface area contributed by atoms with Gasteiger partial charge < -0.3 is 29.3 Å². The molecule has 1 saturated heterocycles. The van der Waals surface area contributed by atoms with Gasteiger partial charge in [-0.3, -0.25) is 4.99 Å². The third-order valence-corrected chi connectivity index (χ3v) is 5.20. The lowest BCUT2D eigenvalue weighted by atomic mass is 10.2. The van der Waals surface area contributed by atoms with Crippen LogP contribution in [0.5, 0.6) is 17.2 Å². The quantitative estimate of drug-likeness (QED) is 0.329. The number of para-hydroxylation sites is 2. The van der Waals surface area contributed by atoms with Crippen LogP contribution in [0.25, 0.3) is 0 Å². The molecule has 0 amide bonds. The second-order valence-corrected chi connectivity index (χ2v) is 6.96. The first-order valence-electron chi connectivity index (χ1n) is 10.3. The molecular weight excluding hydrogens is 507 g/mol. The van der Waals surface area contributed by atoms with E-state index in [9.17, 15) is 0 Å². The molecule has 0 aliphatic carbocycles. The maximum atomic E-state index is 5.68. The first-order valence-corrected chi connectivity index (χ1v) is 10.3. The fraction of sp³-hybridized carbons (Fsp3) is 0.435. The van der Waals surface area contributed by atoms with Gasteiger partial charge in [0.2, 0.25) is 0 Å². The fourth-order valence-corrected chi connectivity index (χ4v) is 3.66. The molecule has 0 radical (unpaired) electrons. The number of nitrogens with one attached hydrogen (secondary N) is 1. The zero-order valence-electron chi connectivity index (χ0n) is 18.8. The van der Waals surface area contributed by atoms with E-state index in [1.165, 1.54) is 0 Å². The van der Waals surface area contributed by atoms with Crippen molar-refractivity contribution >= 4 is 35.6 Å². The highest BCUT2D eigenvalue weighted by Gasteiger charge is 2.21. The van der Waals surface area contributed by atoms with Crippen molar-refractivity contribution in [2.75, 3.05) is 59.0 Å². The molecule has 170 valence electrons. The second-order valence-electron chi connectivity index (χ2n) is 6.96. The van der Waals surface area contributed by atoms with Crippen molar-refractivity contribution in [3.63, 3.8) is 0 Å². The minimum Gasteiger partial charge on any atom is -0.495 e. The van der Waals surface area contributed by atoms with E-state index in [0.29, 0.717) is 13.2 Å². The summed E-state index contributed by atoms with van der Waals surface area (Å²) in [5.74, 6) is 3.33. The Morgan fingerprint density at radius 3 is 2.32 bits per heavy atom. The van der Waals surface area contributed by atoms with Gasteiger partial charge >= 0.3 is 0 Å². The fourth-order valence-electron chi connectivity index (χ4n) is 3.66. The summed E-state index contributed by atoms with van der Waals surface area (Å²) >= 11 is 0. The number of nitrogens with zero attached hydrogens (tertiary/aromatic N) is 3. The molecule has 2 aromatic carbocycles. The third-order valence-electron chi connectivity index (χ3n) is 5.20. The normalized spacial score (nSPS) is 14.0. The van der Waals surface area contributed by atoms with Crippen LogP contribution in [0.3, 0.4) is 0 Å². The Labute approximate surface area is 202 Å². The van der Waals surface area contributed by atoms with Crippen molar-refractivity contribution in [3.05, 3.63) is 48.0 Å². The van der Waals surface area contributed by atoms with Crippen LogP contribution in [0.2, 0.25) is 0 Å². The Kier molecular flexibility index (Phi) is 10.0. The molecule has 1 aliphatic rings. The van der Waals surface area contributed by atoms with Crippen molar-refractivity contribution in [2.45, 2.75) is 13.5 Å². The highest BCUT2D eigenvalue weighted by atomic mass is 127. The molecule has 0 saturated carbocycles. The number of guanidine groups is 1. The molecule has 0 atom stereocenters. The largest absolute Gasteiger partial charge is 0.495 e. The van der Waals surface area contributed by atoms with E-state index in [0.717, 1.165) is 60.6 Å². The molecular formula is C23H33IN4O3. The van der Waals surface area contributed by atoms with Gasteiger partial charge in [-0.25, -0.2) is 0 Å². The van der Waals surface area contributed by atoms with E-state index in [2.05, 4.69) is 32.2 Å². The summed E-state index contributed by atoms with van der Waals surface area (Å²) in [4.78, 5) is 9.14. The average molecular weight is 540 g/mol. The predicted molar refractivity (Wildman–Crippen MR) is 137 cm³/mol. The lowest BCUT2D eigenvalue weighted by Crippen LogP contribution is -2.52. The summed E-state index contributed by atoms with van der Waals surface area (Å²) in [5.41, 5.74) is 2.26. The molecule has 1 N–H and O–H groups in total. The number of hydrogen-bond acceptors (Lipinski definition) is 5. The summed E-state index contributed by atoms with van der Waals surface area (Å²) in [7, 11) is 5.20. The van der Waals surface area contributed by atoms with Gasteiger partial charge in [0.1, 0.15) is 5.75 Å². The highest BCUT2D eigenvalue weighted by molar-refractivity contribution is 14.0. The van der Waals surface area contributed by atoms with E-state index in [1.807, 2.05) is 44.3 Å². The molecule has 1 aliphatic heterocycles. The van der Waals surface area contributed by atoms with Gasteiger partial charge in [-0.2, -0.15) is 0 Å². The summed E-state index contributed by atoms with van der Waals surface area (Å²) in [6, 6.07) is 14.2. The van der Waals surface area contributed by atoms with E-state index >= 15 is 0 Å². The van der Waals surface area contributed by atoms with Crippen LogP contribution in [-0.4, -0.2) is 64.9 Å². The molecule has 1 heterocycles. The molecule has 0 aromatic heterocycles. The van der Waals surface area contributed by atoms with Gasteiger partial charge in [-0.1, -0.05) is 18.2 Å². The van der Waals surface area contributed by atoms with Crippen LogP contribution in [0.15, 0.2) is 47.5 Å². The number of rotatable bonds is 7. The van der Waals surface area contributed by atoms with Gasteiger partial charge in [-0.05, 0) is 36.8 Å². The van der Waals surface area contributed by atoms with Crippen LogP contribution in [0, 0.1) is 0 Å². The standard InChI is InChI=1S/C23H32N4O3.HI/c1-5-30-22-16-18(10-11-21(22)29-4)17-25-23(24-2)27-14-12-26(13-15-27)19-8-6-7-9-20(19)28-3;/h6-11,16H,5,12-15,17H2,1-4H3,(H,24,25);1H. The molecule has 0 unspecified atom stereocenters. The topological polar surface area (TPSA) is 58.6 Å². The molecule has 31 heavy (non-hydrogen) atoms. The maximum Gasteiger partial charge on any atom is 0.194 e. The van der Waals surface area contributed by atoms with Crippen molar-refractivity contribution in [3.8, 4) is 17.2 Å². The summed E-state index contributed by atoms with van der Waals surface area (Å²) in [6.07, 6.45) is 0. The second kappa shape index (κ2) is 12.5. The van der Waals surface area contributed by atoms with E-state index in [4.69, 9.17) is 14.2 Å². The van der Waals surface area contributed by atoms with Gasteiger partial charge in [0.05, 0.1) is 26.5 Å². The van der Waals surface area contributed by atoms with Crippen LogP contribution in [-0.2, 0) is 6.54 Å². The Hall–Kier alpha value is -2.36. The minimum atomic E-state index is 0. The Morgan fingerprint density at radius 2 is 1.68 bits per heavy atom. The molecule has 3 rings (SSSR count). The number of anilines is 1. The molecule has 0 bridgehead atoms. The predicted octanol–water partition coefficient (Wildman–Crippen LogP) is 3.62. The van der Waals surface area contributed by atoms with E-state index in [1.54, 1.807) is 14.2 Å². The lowest BCUT2D eigenvalue weighted by Gasteiger charge is -2.38. The smallest absolute Gasteiger partial charge is 0.194 e. The number of piperazine rings is 1. The number of aliphatic imine (C=N–C) groups is 1. The van der Waals surface area contributed by atoms with Crippen LogP contribution in [0.1, 0.15) is 12.5 Å².